The zero-order valence-electron chi connectivity index (χ0n) is 16.8. The molecule has 0 N–H and O–H groups in total. The van der Waals surface area contributed by atoms with Gasteiger partial charge in [0.05, 0.1) is 25.7 Å². The van der Waals surface area contributed by atoms with E-state index in [1.807, 2.05) is 36.4 Å². The first-order valence-corrected chi connectivity index (χ1v) is 9.57. The SMILES string of the molecule is COc1ccc(-c2cc(=[N+]3CC(C)OC(C)C3)c3ccccc3o2)cc1OC. The summed E-state index contributed by atoms with van der Waals surface area (Å²) in [5.74, 6) is 2.17. The second kappa shape index (κ2) is 7.68. The second-order valence-electron chi connectivity index (χ2n) is 7.22. The predicted octanol–water partition coefficient (Wildman–Crippen LogP) is 3.70. The first kappa shape index (κ1) is 18.6. The van der Waals surface area contributed by atoms with Gasteiger partial charge in [0.25, 0.3) is 0 Å². The number of rotatable bonds is 3. The molecule has 1 aliphatic heterocycles. The molecule has 2 aromatic carbocycles. The Bertz CT molecular complexity index is 1060. The fourth-order valence-electron chi connectivity index (χ4n) is 3.89. The molecule has 1 fully saturated rings. The average Bonchev–Trinajstić information content (AvgIpc) is 2.71. The molecule has 0 saturated carbocycles. The lowest BCUT2D eigenvalue weighted by molar-refractivity contribution is -0.0261. The number of hydrogen-bond donors (Lipinski definition) is 0. The average molecular weight is 380 g/mol. The van der Waals surface area contributed by atoms with Gasteiger partial charge in [0, 0.05) is 5.56 Å². The summed E-state index contributed by atoms with van der Waals surface area (Å²) in [6, 6.07) is 16.1. The van der Waals surface area contributed by atoms with Crippen molar-refractivity contribution in [2.75, 3.05) is 27.3 Å². The zero-order valence-corrected chi connectivity index (χ0v) is 16.8. The molecule has 5 heteroatoms. The van der Waals surface area contributed by atoms with E-state index in [4.69, 9.17) is 18.6 Å². The zero-order chi connectivity index (χ0) is 19.7. The van der Waals surface area contributed by atoms with Crippen molar-refractivity contribution in [2.45, 2.75) is 26.1 Å². The summed E-state index contributed by atoms with van der Waals surface area (Å²) in [5.41, 5.74) is 1.80. The maximum atomic E-state index is 6.25. The summed E-state index contributed by atoms with van der Waals surface area (Å²) < 4.78 is 25.4. The Morgan fingerprint density at radius 2 is 1.61 bits per heavy atom. The minimum absolute atomic E-state index is 0.184. The molecule has 4 rings (SSSR count). The van der Waals surface area contributed by atoms with E-state index in [1.54, 1.807) is 14.2 Å². The van der Waals surface area contributed by atoms with Crippen molar-refractivity contribution in [3.05, 3.63) is 53.9 Å². The fraction of sp³-hybridized carbons (Fsp3) is 0.348. The Labute approximate surface area is 164 Å². The van der Waals surface area contributed by atoms with Crippen LogP contribution in [0.3, 0.4) is 0 Å². The molecule has 2 heterocycles. The molecule has 0 radical (unpaired) electrons. The van der Waals surface area contributed by atoms with Crippen molar-refractivity contribution in [3.63, 3.8) is 0 Å². The van der Waals surface area contributed by atoms with E-state index in [2.05, 4.69) is 30.6 Å². The molecule has 0 amide bonds. The van der Waals surface area contributed by atoms with Crippen molar-refractivity contribution in [1.29, 1.82) is 0 Å². The number of para-hydroxylation sites is 1. The van der Waals surface area contributed by atoms with Gasteiger partial charge < -0.3 is 18.6 Å². The highest BCUT2D eigenvalue weighted by Gasteiger charge is 2.26. The first-order valence-electron chi connectivity index (χ1n) is 9.57. The van der Waals surface area contributed by atoms with E-state index in [0.29, 0.717) is 11.5 Å². The van der Waals surface area contributed by atoms with Gasteiger partial charge in [0.2, 0.25) is 5.36 Å². The van der Waals surface area contributed by atoms with E-state index < -0.39 is 0 Å². The predicted molar refractivity (Wildman–Crippen MR) is 110 cm³/mol. The van der Waals surface area contributed by atoms with Crippen LogP contribution in [0.5, 0.6) is 11.5 Å². The van der Waals surface area contributed by atoms with Gasteiger partial charge in [-0.25, -0.2) is 4.58 Å². The monoisotopic (exact) mass is 380 g/mol. The summed E-state index contributed by atoms with van der Waals surface area (Å²) in [4.78, 5) is 0. The molecule has 1 saturated heterocycles. The number of methoxy groups -OCH3 is 2. The third-order valence-corrected chi connectivity index (χ3v) is 5.08. The fourth-order valence-corrected chi connectivity index (χ4v) is 3.89. The van der Waals surface area contributed by atoms with E-state index in [1.165, 1.54) is 0 Å². The number of fused-ring (bicyclic) bond motifs is 1. The minimum Gasteiger partial charge on any atom is -0.493 e. The van der Waals surface area contributed by atoms with Gasteiger partial charge in [-0.15, -0.1) is 0 Å². The number of ether oxygens (including phenoxy) is 3. The maximum Gasteiger partial charge on any atom is 0.214 e. The van der Waals surface area contributed by atoms with E-state index >= 15 is 0 Å². The van der Waals surface area contributed by atoms with Gasteiger partial charge in [-0.05, 0) is 44.2 Å². The Morgan fingerprint density at radius 3 is 2.32 bits per heavy atom. The third kappa shape index (κ3) is 3.50. The summed E-state index contributed by atoms with van der Waals surface area (Å²) in [6.45, 7) is 5.94. The van der Waals surface area contributed by atoms with Crippen LogP contribution in [0.2, 0.25) is 0 Å². The van der Waals surface area contributed by atoms with E-state index in [0.717, 1.165) is 40.7 Å². The van der Waals surface area contributed by atoms with Crippen molar-refractivity contribution < 1.29 is 18.6 Å². The maximum absolute atomic E-state index is 6.25. The Kier molecular flexibility index (Phi) is 5.09. The van der Waals surface area contributed by atoms with Crippen LogP contribution in [0, 0.1) is 0 Å². The lowest BCUT2D eigenvalue weighted by Gasteiger charge is -2.23. The highest BCUT2D eigenvalue weighted by Crippen LogP contribution is 2.32. The Balaban J connectivity index is 1.95. The summed E-state index contributed by atoms with van der Waals surface area (Å²) in [5, 5.41) is 2.27. The van der Waals surface area contributed by atoms with Crippen molar-refractivity contribution >= 4 is 11.0 Å². The molecule has 0 bridgehead atoms. The highest BCUT2D eigenvalue weighted by atomic mass is 16.5. The van der Waals surface area contributed by atoms with E-state index in [9.17, 15) is 0 Å². The first-order chi connectivity index (χ1) is 13.6. The van der Waals surface area contributed by atoms with Gasteiger partial charge in [-0.2, -0.15) is 0 Å². The van der Waals surface area contributed by atoms with Gasteiger partial charge in [0.1, 0.15) is 23.6 Å². The molecule has 1 aliphatic rings. The largest absolute Gasteiger partial charge is 0.493 e. The summed E-state index contributed by atoms with van der Waals surface area (Å²) in [7, 11) is 3.28. The van der Waals surface area contributed by atoms with Crippen LogP contribution in [0.15, 0.2) is 52.9 Å². The molecule has 2 unspecified atom stereocenters. The quantitative estimate of drug-likeness (QED) is 0.650. The van der Waals surface area contributed by atoms with Gasteiger partial charge in [0.15, 0.2) is 24.6 Å². The van der Waals surface area contributed by atoms with Crippen LogP contribution in [0.1, 0.15) is 13.8 Å². The van der Waals surface area contributed by atoms with Crippen LogP contribution < -0.4 is 19.4 Å². The number of morpholine rings is 1. The summed E-state index contributed by atoms with van der Waals surface area (Å²) in [6.07, 6.45) is 0.369. The molecule has 3 aromatic rings. The number of hydrogen-bond acceptors (Lipinski definition) is 4. The molecule has 146 valence electrons. The highest BCUT2D eigenvalue weighted by molar-refractivity contribution is 5.78. The van der Waals surface area contributed by atoms with Crippen LogP contribution in [-0.2, 0) is 4.74 Å². The number of nitrogens with zero attached hydrogens (tertiary/aromatic N) is 1. The molecule has 1 aromatic heterocycles. The molecular weight excluding hydrogens is 354 g/mol. The lowest BCUT2D eigenvalue weighted by Crippen LogP contribution is -2.47. The normalized spacial score (nSPS) is 19.6. The van der Waals surface area contributed by atoms with Gasteiger partial charge in [-0.3, -0.25) is 0 Å². The minimum atomic E-state index is 0.184. The van der Waals surface area contributed by atoms with Gasteiger partial charge in [-0.1, -0.05) is 12.1 Å². The molecule has 0 spiro atoms. The van der Waals surface area contributed by atoms with Crippen molar-refractivity contribution in [3.8, 4) is 22.8 Å². The van der Waals surface area contributed by atoms with Crippen LogP contribution in [0.25, 0.3) is 22.3 Å². The second-order valence-corrected chi connectivity index (χ2v) is 7.22. The Morgan fingerprint density at radius 1 is 0.893 bits per heavy atom. The Hall–Kier alpha value is -2.79. The molecule has 28 heavy (non-hydrogen) atoms. The number of benzene rings is 2. The van der Waals surface area contributed by atoms with Crippen molar-refractivity contribution in [2.24, 2.45) is 0 Å². The molecule has 5 nitrogen and oxygen atoms in total. The van der Waals surface area contributed by atoms with Crippen molar-refractivity contribution in [1.82, 2.24) is 4.58 Å². The summed E-state index contributed by atoms with van der Waals surface area (Å²) >= 11 is 0. The standard InChI is InChI=1S/C23H26NO4/c1-15-13-24(14-16(2)27-15)19-12-22(28-20-8-6-5-7-18(19)20)17-9-10-21(25-3)23(11-17)26-4/h5-12,15-16H,13-14H2,1-4H3/q+1. The van der Waals surface area contributed by atoms with Gasteiger partial charge >= 0.3 is 0 Å². The molecular formula is C23H26NO4+. The topological polar surface area (TPSA) is 43.8 Å². The van der Waals surface area contributed by atoms with Crippen LogP contribution in [-0.4, -0.2) is 39.5 Å². The van der Waals surface area contributed by atoms with E-state index in [-0.39, 0.29) is 12.2 Å². The molecule has 2 atom stereocenters. The smallest absolute Gasteiger partial charge is 0.214 e. The van der Waals surface area contributed by atoms with Crippen LogP contribution in [0.4, 0.5) is 0 Å². The lowest BCUT2D eigenvalue weighted by atomic mass is 10.1. The third-order valence-electron chi connectivity index (χ3n) is 5.08. The van der Waals surface area contributed by atoms with Crippen LogP contribution >= 0.6 is 0 Å². The molecule has 0 aliphatic carbocycles.